The average Bonchev–Trinajstić information content (AvgIpc) is 2.75. The third-order valence-corrected chi connectivity index (χ3v) is 4.26. The van der Waals surface area contributed by atoms with E-state index in [4.69, 9.17) is 32.7 Å². The lowest BCUT2D eigenvalue weighted by Crippen LogP contribution is -2.41. The molecular formula is C20H19Cl2N3O6. The first kappa shape index (κ1) is 24.0. The molecule has 31 heavy (non-hydrogen) atoms. The molecule has 0 spiro atoms. The maximum Gasteiger partial charge on any atom is 0.306 e. The maximum atomic E-state index is 11.9. The smallest absolute Gasteiger partial charge is 0.306 e. The van der Waals surface area contributed by atoms with E-state index in [-0.39, 0.29) is 12.8 Å². The Morgan fingerprint density at radius 2 is 1.55 bits per heavy atom. The fourth-order valence-electron chi connectivity index (χ4n) is 2.26. The van der Waals surface area contributed by atoms with E-state index in [2.05, 4.69) is 16.2 Å². The number of anilines is 1. The molecule has 0 heterocycles. The van der Waals surface area contributed by atoms with Crippen LogP contribution in [0.2, 0.25) is 10.0 Å². The fourth-order valence-corrected chi connectivity index (χ4v) is 2.56. The summed E-state index contributed by atoms with van der Waals surface area (Å²) in [6.07, 6.45) is -0.528. The summed E-state index contributed by atoms with van der Waals surface area (Å²) >= 11 is 11.6. The number of amides is 3. The molecule has 0 saturated carbocycles. The number of nitrogens with one attached hydrogen (secondary N) is 3. The van der Waals surface area contributed by atoms with E-state index in [9.17, 15) is 19.2 Å². The zero-order valence-electron chi connectivity index (χ0n) is 16.4. The van der Waals surface area contributed by atoms with Crippen molar-refractivity contribution in [3.05, 3.63) is 58.1 Å². The van der Waals surface area contributed by atoms with E-state index < -0.39 is 30.3 Å². The van der Waals surface area contributed by atoms with Crippen LogP contribution < -0.4 is 20.9 Å². The van der Waals surface area contributed by atoms with Crippen LogP contribution in [0, 0.1) is 0 Å². The van der Waals surface area contributed by atoms with Crippen LogP contribution in [0.25, 0.3) is 0 Å². The van der Waals surface area contributed by atoms with Gasteiger partial charge in [-0.25, -0.2) is 0 Å². The highest BCUT2D eigenvalue weighted by Gasteiger charge is 2.13. The van der Waals surface area contributed by atoms with E-state index in [1.807, 2.05) is 0 Å². The molecule has 0 aliphatic heterocycles. The summed E-state index contributed by atoms with van der Waals surface area (Å²) in [5, 5.41) is 3.38. The Labute approximate surface area is 188 Å². The van der Waals surface area contributed by atoms with Crippen LogP contribution in [-0.2, 0) is 19.1 Å². The molecule has 0 unspecified atom stereocenters. The van der Waals surface area contributed by atoms with Crippen molar-refractivity contribution in [1.29, 1.82) is 0 Å². The monoisotopic (exact) mass is 467 g/mol. The molecule has 0 aromatic heterocycles. The number of methoxy groups -OCH3 is 1. The Kier molecular flexibility index (Phi) is 9.11. The van der Waals surface area contributed by atoms with Crippen LogP contribution in [0.4, 0.5) is 5.69 Å². The summed E-state index contributed by atoms with van der Waals surface area (Å²) < 4.78 is 9.94. The number of rotatable bonds is 8. The summed E-state index contributed by atoms with van der Waals surface area (Å²) in [6, 6.07) is 10.7. The molecule has 2 aromatic carbocycles. The Bertz CT molecular complexity index is 966. The standard InChI is InChI=1S/C20H19Cl2N3O6/c1-30-16-7-6-14(22)10-15(16)23-18(27)11-31-19(28)9-8-17(26)24-25-20(29)12-2-4-13(21)5-3-12/h2-7,10H,8-9,11H2,1H3,(H,23,27)(H,24,26)(H,25,29). The second-order valence-electron chi connectivity index (χ2n) is 6.06. The van der Waals surface area contributed by atoms with E-state index >= 15 is 0 Å². The first-order chi connectivity index (χ1) is 14.8. The topological polar surface area (TPSA) is 123 Å². The Balaban J connectivity index is 1.68. The van der Waals surface area contributed by atoms with Crippen molar-refractivity contribution < 1.29 is 28.7 Å². The van der Waals surface area contributed by atoms with Gasteiger partial charge in [-0.1, -0.05) is 23.2 Å². The summed E-state index contributed by atoms with van der Waals surface area (Å²) in [5.74, 6) is -2.12. The van der Waals surface area contributed by atoms with Crippen LogP contribution >= 0.6 is 23.2 Å². The molecular weight excluding hydrogens is 449 g/mol. The summed E-state index contributed by atoms with van der Waals surface area (Å²) in [6.45, 7) is -0.552. The molecule has 3 N–H and O–H groups in total. The number of esters is 1. The quantitative estimate of drug-likeness (QED) is 0.405. The number of hydrogen-bond donors (Lipinski definition) is 3. The summed E-state index contributed by atoms with van der Waals surface area (Å²) in [7, 11) is 1.43. The van der Waals surface area contributed by atoms with Gasteiger partial charge in [0, 0.05) is 22.0 Å². The summed E-state index contributed by atoms with van der Waals surface area (Å²) in [5.41, 5.74) is 5.02. The van der Waals surface area contributed by atoms with Gasteiger partial charge in [-0.05, 0) is 42.5 Å². The van der Waals surface area contributed by atoms with Crippen LogP contribution in [0.15, 0.2) is 42.5 Å². The predicted molar refractivity (Wildman–Crippen MR) is 114 cm³/mol. The van der Waals surface area contributed by atoms with Gasteiger partial charge in [-0.2, -0.15) is 0 Å². The lowest BCUT2D eigenvalue weighted by atomic mass is 10.2. The van der Waals surface area contributed by atoms with Gasteiger partial charge in [0.05, 0.1) is 19.2 Å². The molecule has 0 saturated heterocycles. The van der Waals surface area contributed by atoms with Crippen molar-refractivity contribution in [2.24, 2.45) is 0 Å². The number of carbonyl (C=O) groups excluding carboxylic acids is 4. The minimum Gasteiger partial charge on any atom is -0.495 e. The fraction of sp³-hybridized carbons (Fsp3) is 0.200. The molecule has 2 aromatic rings. The van der Waals surface area contributed by atoms with Crippen molar-refractivity contribution >= 4 is 52.6 Å². The minimum absolute atomic E-state index is 0.247. The molecule has 11 heteroatoms. The second kappa shape index (κ2) is 11.8. The van der Waals surface area contributed by atoms with E-state index in [0.29, 0.717) is 27.0 Å². The van der Waals surface area contributed by atoms with Crippen molar-refractivity contribution in [3.63, 3.8) is 0 Å². The highest BCUT2D eigenvalue weighted by atomic mass is 35.5. The number of halogens is 2. The van der Waals surface area contributed by atoms with Crippen molar-refractivity contribution in [3.8, 4) is 5.75 Å². The minimum atomic E-state index is -0.757. The van der Waals surface area contributed by atoms with Crippen LogP contribution in [0.5, 0.6) is 5.75 Å². The van der Waals surface area contributed by atoms with Crippen molar-refractivity contribution in [2.75, 3.05) is 19.0 Å². The van der Waals surface area contributed by atoms with Crippen LogP contribution in [0.1, 0.15) is 23.2 Å². The molecule has 0 aliphatic carbocycles. The van der Waals surface area contributed by atoms with Crippen LogP contribution in [-0.4, -0.2) is 37.4 Å². The first-order valence-electron chi connectivity index (χ1n) is 8.92. The third-order valence-electron chi connectivity index (χ3n) is 3.78. The molecule has 9 nitrogen and oxygen atoms in total. The summed E-state index contributed by atoms with van der Waals surface area (Å²) in [4.78, 5) is 47.3. The number of carbonyl (C=O) groups is 4. The number of benzene rings is 2. The largest absolute Gasteiger partial charge is 0.495 e. The van der Waals surface area contributed by atoms with Gasteiger partial charge in [-0.15, -0.1) is 0 Å². The van der Waals surface area contributed by atoms with Crippen molar-refractivity contribution in [2.45, 2.75) is 12.8 Å². The highest BCUT2D eigenvalue weighted by Crippen LogP contribution is 2.27. The predicted octanol–water partition coefficient (Wildman–Crippen LogP) is 2.73. The van der Waals surface area contributed by atoms with E-state index in [1.54, 1.807) is 12.1 Å². The molecule has 0 bridgehead atoms. The Hall–Kier alpha value is -3.30. The lowest BCUT2D eigenvalue weighted by Gasteiger charge is -2.11. The van der Waals surface area contributed by atoms with Gasteiger partial charge >= 0.3 is 5.97 Å². The zero-order chi connectivity index (χ0) is 22.8. The van der Waals surface area contributed by atoms with Gasteiger partial charge in [0.15, 0.2) is 6.61 Å². The molecule has 0 fully saturated rings. The molecule has 164 valence electrons. The third kappa shape index (κ3) is 8.15. The van der Waals surface area contributed by atoms with Gasteiger partial charge in [0.1, 0.15) is 5.75 Å². The maximum absolute atomic E-state index is 11.9. The molecule has 0 atom stereocenters. The number of hydrogen-bond acceptors (Lipinski definition) is 6. The number of ether oxygens (including phenoxy) is 2. The molecule has 0 radical (unpaired) electrons. The molecule has 0 aliphatic rings. The van der Waals surface area contributed by atoms with E-state index in [1.165, 1.54) is 37.4 Å². The Morgan fingerprint density at radius 3 is 2.23 bits per heavy atom. The van der Waals surface area contributed by atoms with Gasteiger partial charge in [0.2, 0.25) is 5.91 Å². The van der Waals surface area contributed by atoms with Crippen molar-refractivity contribution in [1.82, 2.24) is 10.9 Å². The molecule has 3 amide bonds. The first-order valence-corrected chi connectivity index (χ1v) is 9.68. The van der Waals surface area contributed by atoms with Gasteiger partial charge < -0.3 is 14.8 Å². The highest BCUT2D eigenvalue weighted by molar-refractivity contribution is 6.31. The van der Waals surface area contributed by atoms with Crippen LogP contribution in [0.3, 0.4) is 0 Å². The van der Waals surface area contributed by atoms with E-state index in [0.717, 1.165) is 0 Å². The second-order valence-corrected chi connectivity index (χ2v) is 6.94. The molecule has 2 rings (SSSR count). The van der Waals surface area contributed by atoms with Gasteiger partial charge in [-0.3, -0.25) is 30.0 Å². The average molecular weight is 468 g/mol. The van der Waals surface area contributed by atoms with Gasteiger partial charge in [0.25, 0.3) is 11.8 Å². The Morgan fingerprint density at radius 1 is 0.871 bits per heavy atom. The SMILES string of the molecule is COc1ccc(Cl)cc1NC(=O)COC(=O)CCC(=O)NNC(=O)c1ccc(Cl)cc1. The normalized spacial score (nSPS) is 10.0. The number of hydrazine groups is 1. The zero-order valence-corrected chi connectivity index (χ0v) is 17.9. The lowest BCUT2D eigenvalue weighted by molar-refractivity contribution is -0.148.